The highest BCUT2D eigenvalue weighted by molar-refractivity contribution is 5.91. The van der Waals surface area contributed by atoms with Gasteiger partial charge in [0.05, 0.1) is 6.61 Å². The molecule has 1 aromatic rings. The van der Waals surface area contributed by atoms with Gasteiger partial charge in [0, 0.05) is 26.3 Å². The smallest absolute Gasteiger partial charge is 0.387 e. The molecule has 0 fully saturated rings. The van der Waals surface area contributed by atoms with E-state index in [1.54, 1.807) is 26.2 Å². The van der Waals surface area contributed by atoms with Gasteiger partial charge in [-0.05, 0) is 37.1 Å². The lowest BCUT2D eigenvalue weighted by atomic mass is 10.2. The highest BCUT2D eigenvalue weighted by Crippen LogP contribution is 2.30. The minimum atomic E-state index is -2.92. The number of alkyl halides is 2. The summed E-state index contributed by atoms with van der Waals surface area (Å²) < 4.78 is 39.2. The zero-order valence-corrected chi connectivity index (χ0v) is 13.2. The zero-order chi connectivity index (χ0) is 17.1. The molecule has 0 aromatic heterocycles. The summed E-state index contributed by atoms with van der Waals surface area (Å²) in [5.41, 5.74) is 0.641. The lowest BCUT2D eigenvalue weighted by molar-refractivity contribution is -0.116. The number of hydrogen-bond donors (Lipinski definition) is 1. The van der Waals surface area contributed by atoms with Gasteiger partial charge in [-0.3, -0.25) is 4.79 Å². The summed E-state index contributed by atoms with van der Waals surface area (Å²) in [4.78, 5) is 11.6. The molecule has 128 valence electrons. The molecule has 0 atom stereocenters. The van der Waals surface area contributed by atoms with E-state index >= 15 is 0 Å². The average Bonchev–Trinajstić information content (AvgIpc) is 2.51. The molecule has 0 saturated heterocycles. The molecule has 1 amide bonds. The van der Waals surface area contributed by atoms with Gasteiger partial charge in [0.15, 0.2) is 11.5 Å². The molecule has 0 heterocycles. The minimum Gasteiger partial charge on any atom is -0.490 e. The molecule has 0 aliphatic heterocycles. The van der Waals surface area contributed by atoms with Crippen molar-refractivity contribution in [2.45, 2.75) is 20.0 Å². The Morgan fingerprint density at radius 3 is 2.78 bits per heavy atom. The van der Waals surface area contributed by atoms with E-state index in [-0.39, 0.29) is 17.4 Å². The van der Waals surface area contributed by atoms with E-state index in [0.717, 1.165) is 6.42 Å². The van der Waals surface area contributed by atoms with Crippen LogP contribution < -0.4 is 14.8 Å². The van der Waals surface area contributed by atoms with Crippen LogP contribution in [0.4, 0.5) is 8.78 Å². The van der Waals surface area contributed by atoms with Crippen LogP contribution in [0.5, 0.6) is 11.5 Å². The van der Waals surface area contributed by atoms with E-state index in [9.17, 15) is 13.6 Å². The highest BCUT2D eigenvalue weighted by Gasteiger charge is 2.11. The average molecular weight is 329 g/mol. The lowest BCUT2D eigenvalue weighted by Gasteiger charge is -2.11. The van der Waals surface area contributed by atoms with Crippen molar-refractivity contribution in [1.82, 2.24) is 5.32 Å². The van der Waals surface area contributed by atoms with Crippen molar-refractivity contribution < 1.29 is 27.8 Å². The van der Waals surface area contributed by atoms with Gasteiger partial charge >= 0.3 is 6.61 Å². The second-order valence-electron chi connectivity index (χ2n) is 4.49. The van der Waals surface area contributed by atoms with Crippen LogP contribution in [0.2, 0.25) is 0 Å². The Hall–Kier alpha value is -2.15. The third-order valence-electron chi connectivity index (χ3n) is 2.74. The Morgan fingerprint density at radius 2 is 2.13 bits per heavy atom. The summed E-state index contributed by atoms with van der Waals surface area (Å²) in [7, 11) is 1.60. The van der Waals surface area contributed by atoms with E-state index in [4.69, 9.17) is 9.47 Å². The second kappa shape index (κ2) is 10.6. The number of carbonyl (C=O) groups is 1. The molecule has 0 spiro atoms. The Kier molecular flexibility index (Phi) is 8.67. The molecule has 1 rings (SSSR count). The van der Waals surface area contributed by atoms with Crippen LogP contribution in [0.1, 0.15) is 18.9 Å². The van der Waals surface area contributed by atoms with Gasteiger partial charge in [-0.15, -0.1) is 0 Å². The first-order valence-electron chi connectivity index (χ1n) is 7.23. The normalized spacial score (nSPS) is 11.0. The summed E-state index contributed by atoms with van der Waals surface area (Å²) in [6, 6.07) is 4.48. The summed E-state index contributed by atoms with van der Waals surface area (Å²) in [6.07, 6.45) is 3.66. The molecule has 0 saturated carbocycles. The van der Waals surface area contributed by atoms with E-state index in [1.165, 1.54) is 18.2 Å². The molecule has 23 heavy (non-hydrogen) atoms. The molecular weight excluding hydrogens is 308 g/mol. The first kappa shape index (κ1) is 18.9. The molecule has 1 aromatic carbocycles. The fourth-order valence-corrected chi connectivity index (χ4v) is 1.75. The van der Waals surface area contributed by atoms with Crippen LogP contribution in [0, 0.1) is 0 Å². The molecule has 0 bridgehead atoms. The SMILES string of the molecule is CCOc1cc(C=CC(=O)NCCCOC)ccc1OC(F)F. The molecule has 0 unspecified atom stereocenters. The first-order valence-corrected chi connectivity index (χ1v) is 7.23. The Balaban J connectivity index is 2.67. The quantitative estimate of drug-likeness (QED) is 0.530. The van der Waals surface area contributed by atoms with Crippen LogP contribution >= 0.6 is 0 Å². The third-order valence-corrected chi connectivity index (χ3v) is 2.74. The summed E-state index contributed by atoms with van der Waals surface area (Å²) >= 11 is 0. The van der Waals surface area contributed by atoms with Crippen LogP contribution in [-0.4, -0.2) is 39.4 Å². The predicted octanol–water partition coefficient (Wildman–Crippen LogP) is 2.85. The van der Waals surface area contributed by atoms with Crippen molar-refractivity contribution in [3.05, 3.63) is 29.8 Å². The number of nitrogens with one attached hydrogen (secondary N) is 1. The molecule has 0 aliphatic carbocycles. The fraction of sp³-hybridized carbons (Fsp3) is 0.438. The Labute approximate surface area is 134 Å². The van der Waals surface area contributed by atoms with E-state index in [2.05, 4.69) is 10.1 Å². The maximum Gasteiger partial charge on any atom is 0.387 e. The molecule has 0 aliphatic rings. The second-order valence-corrected chi connectivity index (χ2v) is 4.49. The lowest BCUT2D eigenvalue weighted by Crippen LogP contribution is -2.22. The standard InChI is InChI=1S/C16H21F2NO4/c1-3-22-14-11-12(5-7-13(14)23-16(17)18)6-8-15(20)19-9-4-10-21-2/h5-8,11,16H,3-4,9-10H2,1-2H3,(H,19,20). The van der Waals surface area contributed by atoms with E-state index < -0.39 is 6.61 Å². The molecule has 7 heteroatoms. The van der Waals surface area contributed by atoms with Crippen LogP contribution in [0.3, 0.4) is 0 Å². The molecule has 0 radical (unpaired) electrons. The number of methoxy groups -OCH3 is 1. The van der Waals surface area contributed by atoms with Crippen LogP contribution in [-0.2, 0) is 9.53 Å². The van der Waals surface area contributed by atoms with Crippen molar-refractivity contribution in [2.24, 2.45) is 0 Å². The summed E-state index contributed by atoms with van der Waals surface area (Å²) in [5.74, 6) is -0.0783. The topological polar surface area (TPSA) is 56.8 Å². The van der Waals surface area contributed by atoms with Gasteiger partial charge < -0.3 is 19.5 Å². The maximum absolute atomic E-state index is 12.3. The minimum absolute atomic E-state index is 0.0389. The maximum atomic E-state index is 12.3. The van der Waals surface area contributed by atoms with Crippen molar-refractivity contribution in [3.63, 3.8) is 0 Å². The number of benzene rings is 1. The number of ether oxygens (including phenoxy) is 3. The monoisotopic (exact) mass is 329 g/mol. The van der Waals surface area contributed by atoms with Crippen molar-refractivity contribution in [2.75, 3.05) is 26.9 Å². The van der Waals surface area contributed by atoms with Crippen LogP contribution in [0.15, 0.2) is 24.3 Å². The number of amides is 1. The molecule has 5 nitrogen and oxygen atoms in total. The van der Waals surface area contributed by atoms with Crippen molar-refractivity contribution in [3.8, 4) is 11.5 Å². The van der Waals surface area contributed by atoms with Gasteiger partial charge in [0.1, 0.15) is 0 Å². The van der Waals surface area contributed by atoms with Gasteiger partial charge in [-0.1, -0.05) is 6.07 Å². The third kappa shape index (κ3) is 7.60. The Bertz CT molecular complexity index is 521. The van der Waals surface area contributed by atoms with Crippen molar-refractivity contribution >= 4 is 12.0 Å². The largest absolute Gasteiger partial charge is 0.490 e. The molecular formula is C16H21F2NO4. The number of hydrogen-bond acceptors (Lipinski definition) is 4. The summed E-state index contributed by atoms with van der Waals surface area (Å²) in [6.45, 7) is 0.221. The zero-order valence-electron chi connectivity index (χ0n) is 13.2. The van der Waals surface area contributed by atoms with Gasteiger partial charge in [-0.25, -0.2) is 0 Å². The van der Waals surface area contributed by atoms with Crippen LogP contribution in [0.25, 0.3) is 6.08 Å². The number of carbonyl (C=O) groups excluding carboxylic acids is 1. The van der Waals surface area contributed by atoms with Gasteiger partial charge in [0.25, 0.3) is 0 Å². The predicted molar refractivity (Wildman–Crippen MR) is 82.8 cm³/mol. The van der Waals surface area contributed by atoms with Crippen molar-refractivity contribution in [1.29, 1.82) is 0 Å². The van der Waals surface area contributed by atoms with Gasteiger partial charge in [-0.2, -0.15) is 8.78 Å². The van der Waals surface area contributed by atoms with E-state index in [0.29, 0.717) is 25.3 Å². The summed E-state index contributed by atoms with van der Waals surface area (Å²) in [5, 5.41) is 2.70. The van der Waals surface area contributed by atoms with Gasteiger partial charge in [0.2, 0.25) is 5.91 Å². The molecule has 1 N–H and O–H groups in total. The number of halogens is 2. The first-order chi connectivity index (χ1) is 11.1. The fourth-order valence-electron chi connectivity index (χ4n) is 1.75. The van der Waals surface area contributed by atoms with E-state index in [1.807, 2.05) is 0 Å². The number of rotatable bonds is 10. The Morgan fingerprint density at radius 1 is 1.35 bits per heavy atom. The highest BCUT2D eigenvalue weighted by atomic mass is 19.3.